The maximum absolute atomic E-state index is 12.6. The molecule has 3 aliphatic rings. The van der Waals surface area contributed by atoms with Gasteiger partial charge in [-0.15, -0.1) is 0 Å². The molecule has 3 rings (SSSR count). The Labute approximate surface area is 200 Å². The quantitative estimate of drug-likeness (QED) is 0.228. The Morgan fingerprint density at radius 2 is 1.09 bits per heavy atom. The molecule has 190 valence electrons. The van der Waals surface area contributed by atoms with Crippen molar-refractivity contribution in [2.24, 2.45) is 17.8 Å². The van der Waals surface area contributed by atoms with Gasteiger partial charge in [0.1, 0.15) is 12.2 Å². The first-order chi connectivity index (χ1) is 16.4. The van der Waals surface area contributed by atoms with Crippen molar-refractivity contribution in [1.29, 1.82) is 0 Å². The smallest absolute Gasteiger partial charge is 0.332 e. The molecule has 34 heavy (non-hydrogen) atoms. The van der Waals surface area contributed by atoms with Crippen molar-refractivity contribution in [3.63, 3.8) is 0 Å². The van der Waals surface area contributed by atoms with Crippen LogP contribution in [-0.4, -0.2) is 54.1 Å². The summed E-state index contributed by atoms with van der Waals surface area (Å²) < 4.78 is 21.7. The number of ether oxygens (including phenoxy) is 4. The Morgan fingerprint density at radius 3 is 1.53 bits per heavy atom. The van der Waals surface area contributed by atoms with Crippen LogP contribution in [0.25, 0.3) is 0 Å². The average molecular weight is 481 g/mol. The molecule has 9 heteroatoms. The predicted molar refractivity (Wildman–Crippen MR) is 119 cm³/mol. The van der Waals surface area contributed by atoms with Crippen molar-refractivity contribution in [2.45, 2.75) is 95.4 Å². The molecule has 0 saturated heterocycles. The number of carbonyl (C=O) groups excluding carboxylic acids is 3. The van der Waals surface area contributed by atoms with Crippen LogP contribution in [0, 0.1) is 17.8 Å². The van der Waals surface area contributed by atoms with Gasteiger partial charge in [0.15, 0.2) is 6.79 Å². The summed E-state index contributed by atoms with van der Waals surface area (Å²) in [4.78, 5) is 47.2. The van der Waals surface area contributed by atoms with E-state index >= 15 is 0 Å². The number of carboxylic acid groups (broad SMARTS) is 1. The second kappa shape index (κ2) is 12.9. The molecule has 0 aromatic rings. The van der Waals surface area contributed by atoms with Gasteiger partial charge in [-0.2, -0.15) is 0 Å². The molecule has 3 fully saturated rings. The van der Waals surface area contributed by atoms with E-state index in [4.69, 9.17) is 24.1 Å². The Kier molecular flexibility index (Phi) is 9.92. The number of carbonyl (C=O) groups is 4. The van der Waals surface area contributed by atoms with Gasteiger partial charge < -0.3 is 24.1 Å². The normalized spacial score (nSPS) is 31.6. The molecule has 0 atom stereocenters. The van der Waals surface area contributed by atoms with E-state index in [0.29, 0.717) is 64.2 Å². The molecular weight excluding hydrogens is 444 g/mol. The van der Waals surface area contributed by atoms with Crippen LogP contribution >= 0.6 is 0 Å². The highest BCUT2D eigenvalue weighted by Gasteiger charge is 2.35. The van der Waals surface area contributed by atoms with Crippen molar-refractivity contribution in [2.75, 3.05) is 6.79 Å². The van der Waals surface area contributed by atoms with E-state index in [1.54, 1.807) is 0 Å². The number of hydrogen-bond donors (Lipinski definition) is 1. The first-order valence-electron chi connectivity index (χ1n) is 12.4. The molecule has 0 aromatic carbocycles. The zero-order valence-corrected chi connectivity index (χ0v) is 19.7. The lowest BCUT2D eigenvalue weighted by atomic mass is 9.81. The zero-order chi connectivity index (χ0) is 24.5. The molecule has 9 nitrogen and oxygen atoms in total. The van der Waals surface area contributed by atoms with Gasteiger partial charge >= 0.3 is 23.9 Å². The fraction of sp³-hybridized carbons (Fsp3) is 0.760. The Bertz CT molecular complexity index is 725. The van der Waals surface area contributed by atoms with Crippen molar-refractivity contribution in [3.8, 4) is 0 Å². The highest BCUT2D eigenvalue weighted by molar-refractivity contribution is 5.81. The minimum absolute atomic E-state index is 0.0202. The van der Waals surface area contributed by atoms with E-state index in [1.165, 1.54) is 0 Å². The summed E-state index contributed by atoms with van der Waals surface area (Å²) in [5.41, 5.74) is 0. The Morgan fingerprint density at radius 1 is 0.676 bits per heavy atom. The van der Waals surface area contributed by atoms with E-state index in [-0.39, 0.29) is 54.8 Å². The van der Waals surface area contributed by atoms with Crippen molar-refractivity contribution >= 4 is 23.9 Å². The van der Waals surface area contributed by atoms with E-state index in [1.807, 2.05) is 0 Å². The van der Waals surface area contributed by atoms with Crippen molar-refractivity contribution in [1.82, 2.24) is 0 Å². The summed E-state index contributed by atoms with van der Waals surface area (Å²) in [5.74, 6) is -2.44. The van der Waals surface area contributed by atoms with Crippen LogP contribution < -0.4 is 0 Å². The molecule has 0 radical (unpaired) electrons. The molecule has 0 bridgehead atoms. The summed E-state index contributed by atoms with van der Waals surface area (Å²) in [6.45, 7) is 3.23. The van der Waals surface area contributed by atoms with Crippen LogP contribution in [-0.2, 0) is 38.1 Å². The molecule has 0 spiro atoms. The van der Waals surface area contributed by atoms with Crippen LogP contribution in [0.1, 0.15) is 77.0 Å². The standard InChI is InChI=1S/C25H36O9/c1-2-22(26)32-15-31-19-11-13-21(14-12-19)34-25(30)18-5-3-17(4-6-18)24(29)33-20-9-7-16(8-10-20)23(27)28/h2,16-21H,1,3-15H2,(H,27,28). The third-order valence-corrected chi connectivity index (χ3v) is 7.28. The minimum Gasteiger partial charge on any atom is -0.481 e. The third kappa shape index (κ3) is 7.82. The second-order valence-electron chi connectivity index (χ2n) is 9.58. The Balaban J connectivity index is 1.30. The van der Waals surface area contributed by atoms with Crippen LogP contribution in [0.15, 0.2) is 12.7 Å². The molecule has 0 aliphatic heterocycles. The van der Waals surface area contributed by atoms with E-state index < -0.39 is 11.9 Å². The number of carboxylic acids is 1. The van der Waals surface area contributed by atoms with Crippen LogP contribution in [0.5, 0.6) is 0 Å². The zero-order valence-electron chi connectivity index (χ0n) is 19.7. The fourth-order valence-electron chi connectivity index (χ4n) is 5.08. The largest absolute Gasteiger partial charge is 0.481 e. The van der Waals surface area contributed by atoms with Crippen LogP contribution in [0.4, 0.5) is 0 Å². The molecule has 0 amide bonds. The second-order valence-corrected chi connectivity index (χ2v) is 9.58. The molecule has 3 aliphatic carbocycles. The number of hydrogen-bond acceptors (Lipinski definition) is 8. The monoisotopic (exact) mass is 480 g/mol. The summed E-state index contributed by atoms with van der Waals surface area (Å²) >= 11 is 0. The third-order valence-electron chi connectivity index (χ3n) is 7.28. The van der Waals surface area contributed by atoms with Gasteiger partial charge in [-0.3, -0.25) is 14.4 Å². The topological polar surface area (TPSA) is 125 Å². The molecular formula is C25H36O9. The number of esters is 3. The molecule has 0 aromatic heterocycles. The summed E-state index contributed by atoms with van der Waals surface area (Å²) in [7, 11) is 0. The van der Waals surface area contributed by atoms with Gasteiger partial charge in [0, 0.05) is 6.08 Å². The molecule has 3 saturated carbocycles. The predicted octanol–water partition coefficient (Wildman–Crippen LogP) is 3.54. The highest BCUT2D eigenvalue weighted by Crippen LogP contribution is 2.34. The van der Waals surface area contributed by atoms with Gasteiger partial charge in [-0.1, -0.05) is 6.58 Å². The van der Waals surface area contributed by atoms with E-state index in [2.05, 4.69) is 6.58 Å². The van der Waals surface area contributed by atoms with E-state index in [0.717, 1.165) is 18.9 Å². The lowest BCUT2D eigenvalue weighted by Gasteiger charge is -2.32. The summed E-state index contributed by atoms with van der Waals surface area (Å²) in [6, 6.07) is 0. The van der Waals surface area contributed by atoms with Crippen molar-refractivity contribution in [3.05, 3.63) is 12.7 Å². The Hall–Kier alpha value is -2.42. The average Bonchev–Trinajstić information content (AvgIpc) is 2.85. The molecule has 0 heterocycles. The maximum Gasteiger partial charge on any atom is 0.332 e. The van der Waals surface area contributed by atoms with Gasteiger partial charge in [-0.25, -0.2) is 4.79 Å². The molecule has 0 unspecified atom stereocenters. The first kappa shape index (κ1) is 26.2. The maximum atomic E-state index is 12.6. The summed E-state index contributed by atoms with van der Waals surface area (Å²) in [6.07, 6.45) is 8.32. The van der Waals surface area contributed by atoms with Gasteiger partial charge in [0.25, 0.3) is 0 Å². The highest BCUT2D eigenvalue weighted by atomic mass is 16.7. The van der Waals surface area contributed by atoms with Crippen LogP contribution in [0.3, 0.4) is 0 Å². The van der Waals surface area contributed by atoms with Gasteiger partial charge in [0.2, 0.25) is 0 Å². The van der Waals surface area contributed by atoms with Crippen LogP contribution in [0.2, 0.25) is 0 Å². The number of aliphatic carboxylic acids is 1. The van der Waals surface area contributed by atoms with Gasteiger partial charge in [0.05, 0.1) is 23.9 Å². The number of rotatable bonds is 9. The van der Waals surface area contributed by atoms with Gasteiger partial charge in [-0.05, 0) is 77.0 Å². The fourth-order valence-corrected chi connectivity index (χ4v) is 5.08. The van der Waals surface area contributed by atoms with E-state index in [9.17, 15) is 19.2 Å². The van der Waals surface area contributed by atoms with Crippen molar-refractivity contribution < 1.29 is 43.2 Å². The minimum atomic E-state index is -0.775. The summed E-state index contributed by atoms with van der Waals surface area (Å²) in [5, 5.41) is 9.08. The first-order valence-corrected chi connectivity index (χ1v) is 12.4. The SMILES string of the molecule is C=CC(=O)OCOC1CCC(OC(=O)C2CCC(C(=O)OC3CCC(C(=O)O)CC3)CC2)CC1. The lowest BCUT2D eigenvalue weighted by molar-refractivity contribution is -0.166. The lowest BCUT2D eigenvalue weighted by Crippen LogP contribution is -2.34. The molecule has 1 N–H and O–H groups in total.